The second-order valence-corrected chi connectivity index (χ2v) is 6.76. The van der Waals surface area contributed by atoms with E-state index in [-0.39, 0.29) is 23.7 Å². The fraction of sp³-hybridized carbons (Fsp3) is 0.316. The molecule has 1 aliphatic heterocycles. The van der Waals surface area contributed by atoms with Crippen molar-refractivity contribution in [1.29, 1.82) is 0 Å². The number of benzene rings is 2. The van der Waals surface area contributed by atoms with Gasteiger partial charge in [-0.2, -0.15) is 0 Å². The topological polar surface area (TPSA) is 41.1 Å². The van der Waals surface area contributed by atoms with Crippen LogP contribution in [0.1, 0.15) is 20.3 Å². The summed E-state index contributed by atoms with van der Waals surface area (Å²) < 4.78 is 14.8. The molecule has 5 heteroatoms. The number of hydrogen-bond donors (Lipinski definition) is 2. The molecule has 1 amide bonds. The Bertz CT molecular complexity index is 755. The van der Waals surface area contributed by atoms with Gasteiger partial charge in [0.05, 0.1) is 11.7 Å². The summed E-state index contributed by atoms with van der Waals surface area (Å²) in [6.45, 7) is 4.15. The van der Waals surface area contributed by atoms with Crippen LogP contribution in [0.3, 0.4) is 0 Å². The molecule has 0 bridgehead atoms. The Morgan fingerprint density at radius 3 is 2.54 bits per heavy atom. The largest absolute Gasteiger partial charge is 0.322 e. The highest BCUT2D eigenvalue weighted by molar-refractivity contribution is 6.33. The van der Waals surface area contributed by atoms with Crippen LogP contribution in [0, 0.1) is 11.7 Å². The molecule has 0 unspecified atom stereocenters. The molecule has 0 spiro atoms. The minimum Gasteiger partial charge on any atom is -0.322 e. The third-order valence-corrected chi connectivity index (χ3v) is 4.99. The molecule has 0 saturated carbocycles. The van der Waals surface area contributed by atoms with Crippen molar-refractivity contribution in [2.45, 2.75) is 32.4 Å². The van der Waals surface area contributed by atoms with Crippen molar-refractivity contribution in [2.24, 2.45) is 5.92 Å². The molecule has 1 aliphatic rings. The molecule has 0 aliphatic carbocycles. The highest BCUT2D eigenvalue weighted by atomic mass is 35.5. The van der Waals surface area contributed by atoms with Gasteiger partial charge in [-0.25, -0.2) is 4.39 Å². The molecule has 0 aromatic heterocycles. The van der Waals surface area contributed by atoms with Gasteiger partial charge in [-0.15, -0.1) is 0 Å². The van der Waals surface area contributed by atoms with Crippen LogP contribution in [0.4, 0.5) is 10.1 Å². The number of carbonyl (C=O) groups is 1. The van der Waals surface area contributed by atoms with E-state index in [1.807, 2.05) is 0 Å². The summed E-state index contributed by atoms with van der Waals surface area (Å²) in [5.74, 6) is -0.264. The highest BCUT2D eigenvalue weighted by Crippen LogP contribution is 2.32. The lowest BCUT2D eigenvalue weighted by Gasteiger charge is -2.14. The molecular weight excluding hydrogens is 327 g/mol. The van der Waals surface area contributed by atoms with E-state index >= 15 is 0 Å². The van der Waals surface area contributed by atoms with Crippen LogP contribution in [0.2, 0.25) is 5.02 Å². The lowest BCUT2D eigenvalue weighted by atomic mass is 10.0. The Hall–Kier alpha value is -1.91. The Balaban J connectivity index is 1.84. The lowest BCUT2D eigenvalue weighted by molar-refractivity contribution is -0.117. The number of hydrogen-bond acceptors (Lipinski definition) is 2. The number of amides is 1. The second-order valence-electron chi connectivity index (χ2n) is 6.36. The van der Waals surface area contributed by atoms with Crippen LogP contribution in [0.15, 0.2) is 42.5 Å². The Labute approximate surface area is 146 Å². The number of halogens is 2. The summed E-state index contributed by atoms with van der Waals surface area (Å²) >= 11 is 6.16. The van der Waals surface area contributed by atoms with Crippen molar-refractivity contribution in [1.82, 2.24) is 5.32 Å². The minimum absolute atomic E-state index is 0.173. The average molecular weight is 347 g/mol. The summed E-state index contributed by atoms with van der Waals surface area (Å²) in [6.07, 6.45) is 0.749. The Morgan fingerprint density at radius 1 is 1.17 bits per heavy atom. The summed E-state index contributed by atoms with van der Waals surface area (Å²) in [4.78, 5) is 12.4. The predicted molar refractivity (Wildman–Crippen MR) is 95.6 cm³/mol. The van der Waals surface area contributed by atoms with Crippen LogP contribution in [0.5, 0.6) is 0 Å². The molecular formula is C19H20ClFN2O. The molecule has 3 nitrogen and oxygen atoms in total. The van der Waals surface area contributed by atoms with E-state index in [1.54, 1.807) is 42.5 Å². The molecule has 0 radical (unpaired) electrons. The van der Waals surface area contributed by atoms with Gasteiger partial charge < -0.3 is 10.6 Å². The normalized spacial score (nSPS) is 23.2. The summed E-state index contributed by atoms with van der Waals surface area (Å²) in [5.41, 5.74) is 1.15. The third-order valence-electron chi connectivity index (χ3n) is 4.66. The van der Waals surface area contributed by atoms with Gasteiger partial charge in [-0.3, -0.25) is 4.79 Å². The van der Waals surface area contributed by atoms with Gasteiger partial charge in [0.15, 0.2) is 5.82 Å². The van der Waals surface area contributed by atoms with Gasteiger partial charge in [0.1, 0.15) is 0 Å². The fourth-order valence-corrected chi connectivity index (χ4v) is 3.28. The van der Waals surface area contributed by atoms with Crippen molar-refractivity contribution >= 4 is 23.2 Å². The summed E-state index contributed by atoms with van der Waals surface area (Å²) in [7, 11) is 0. The maximum Gasteiger partial charge on any atom is 0.241 e. The highest BCUT2D eigenvalue weighted by Gasteiger charge is 2.32. The fourth-order valence-electron chi connectivity index (χ4n) is 3.04. The van der Waals surface area contributed by atoms with Crippen LogP contribution < -0.4 is 10.6 Å². The van der Waals surface area contributed by atoms with E-state index in [2.05, 4.69) is 24.5 Å². The zero-order chi connectivity index (χ0) is 17.3. The van der Waals surface area contributed by atoms with Crippen LogP contribution in [-0.2, 0) is 4.79 Å². The SMILES string of the molecule is C[C@@H]1C[C@@H](C(=O)Nc2cccc(-c3ccccc3Cl)c2F)N[C@@H]1C. The Morgan fingerprint density at radius 2 is 1.88 bits per heavy atom. The van der Waals surface area contributed by atoms with E-state index < -0.39 is 5.82 Å². The van der Waals surface area contributed by atoms with Crippen LogP contribution in [-0.4, -0.2) is 18.0 Å². The van der Waals surface area contributed by atoms with E-state index in [9.17, 15) is 9.18 Å². The van der Waals surface area contributed by atoms with Gasteiger partial charge >= 0.3 is 0 Å². The van der Waals surface area contributed by atoms with Gasteiger partial charge in [0.25, 0.3) is 0 Å². The van der Waals surface area contributed by atoms with Gasteiger partial charge in [-0.05, 0) is 31.4 Å². The molecule has 24 heavy (non-hydrogen) atoms. The zero-order valence-electron chi connectivity index (χ0n) is 13.6. The van der Waals surface area contributed by atoms with E-state index in [0.717, 1.165) is 6.42 Å². The summed E-state index contributed by atoms with van der Waals surface area (Å²) in [6, 6.07) is 12.0. The zero-order valence-corrected chi connectivity index (χ0v) is 14.4. The second kappa shape index (κ2) is 6.91. The van der Waals surface area contributed by atoms with Gasteiger partial charge in [0, 0.05) is 22.2 Å². The van der Waals surface area contributed by atoms with Crippen molar-refractivity contribution in [3.63, 3.8) is 0 Å². The molecule has 1 saturated heterocycles. The first-order valence-electron chi connectivity index (χ1n) is 8.07. The number of nitrogens with one attached hydrogen (secondary N) is 2. The third kappa shape index (κ3) is 3.30. The summed E-state index contributed by atoms with van der Waals surface area (Å²) in [5, 5.41) is 6.42. The predicted octanol–water partition coefficient (Wildman–Crippen LogP) is 4.47. The van der Waals surface area contributed by atoms with Crippen LogP contribution >= 0.6 is 11.6 Å². The van der Waals surface area contributed by atoms with E-state index in [4.69, 9.17) is 11.6 Å². The first kappa shape index (κ1) is 16.9. The molecule has 1 heterocycles. The number of anilines is 1. The van der Waals surface area contributed by atoms with E-state index in [0.29, 0.717) is 22.1 Å². The first-order valence-corrected chi connectivity index (χ1v) is 8.45. The quantitative estimate of drug-likeness (QED) is 0.860. The Kier molecular flexibility index (Phi) is 4.88. The molecule has 2 aromatic rings. The smallest absolute Gasteiger partial charge is 0.241 e. The average Bonchev–Trinajstić information content (AvgIpc) is 2.90. The van der Waals surface area contributed by atoms with Crippen molar-refractivity contribution in [2.75, 3.05) is 5.32 Å². The van der Waals surface area contributed by atoms with Crippen molar-refractivity contribution in [3.8, 4) is 11.1 Å². The van der Waals surface area contributed by atoms with Crippen molar-refractivity contribution in [3.05, 3.63) is 53.3 Å². The monoisotopic (exact) mass is 346 g/mol. The van der Waals surface area contributed by atoms with Crippen LogP contribution in [0.25, 0.3) is 11.1 Å². The minimum atomic E-state index is -0.474. The maximum atomic E-state index is 14.8. The molecule has 1 fully saturated rings. The molecule has 126 valence electrons. The molecule has 2 N–H and O–H groups in total. The maximum absolute atomic E-state index is 14.8. The van der Waals surface area contributed by atoms with E-state index in [1.165, 1.54) is 0 Å². The molecule has 2 aromatic carbocycles. The number of rotatable bonds is 3. The van der Waals surface area contributed by atoms with Gasteiger partial charge in [0.2, 0.25) is 5.91 Å². The standard InChI is InChI=1S/C19H20ClFN2O/c1-11-10-17(22-12(11)2)19(24)23-16-9-5-7-14(18(16)21)13-6-3-4-8-15(13)20/h3-9,11-12,17,22H,10H2,1-2H3,(H,23,24)/t11-,12-,17+/m1/s1. The lowest BCUT2D eigenvalue weighted by Crippen LogP contribution is -2.38. The molecule has 3 rings (SSSR count). The first-order chi connectivity index (χ1) is 11.5. The molecule has 3 atom stereocenters. The van der Waals surface area contributed by atoms with Crippen molar-refractivity contribution < 1.29 is 9.18 Å². The number of carbonyl (C=O) groups excluding carboxylic acids is 1. The van der Waals surface area contributed by atoms with Gasteiger partial charge in [-0.1, -0.05) is 48.9 Å².